The molecule has 28 heavy (non-hydrogen) atoms. The summed E-state index contributed by atoms with van der Waals surface area (Å²) in [5, 5.41) is 2.60. The fraction of sp³-hybridized carbons (Fsp3) is 0.364. The van der Waals surface area contributed by atoms with Crippen molar-refractivity contribution in [1.82, 2.24) is 10.2 Å². The van der Waals surface area contributed by atoms with Gasteiger partial charge in [0.15, 0.2) is 6.61 Å². The summed E-state index contributed by atoms with van der Waals surface area (Å²) in [6.07, 6.45) is 0. The molecule has 0 radical (unpaired) electrons. The number of carbonyl (C=O) groups is 2. The Morgan fingerprint density at radius 1 is 1.11 bits per heavy atom. The number of hydrogen-bond donors (Lipinski definition) is 1. The van der Waals surface area contributed by atoms with Gasteiger partial charge >= 0.3 is 0 Å². The Balaban J connectivity index is 2.15. The molecule has 1 N–H and O–H groups in total. The van der Waals surface area contributed by atoms with Crippen molar-refractivity contribution >= 4 is 11.8 Å². The van der Waals surface area contributed by atoms with Crippen molar-refractivity contribution in [2.45, 2.75) is 33.4 Å². The lowest BCUT2D eigenvalue weighted by atomic mass is 10.1. The first-order valence-corrected chi connectivity index (χ1v) is 9.20. The summed E-state index contributed by atoms with van der Waals surface area (Å²) in [4.78, 5) is 26.6. The molecule has 0 heterocycles. The molecule has 0 fully saturated rings. The maximum atomic E-state index is 12.9. The van der Waals surface area contributed by atoms with E-state index < -0.39 is 6.04 Å². The van der Waals surface area contributed by atoms with Crippen LogP contribution in [0.3, 0.4) is 0 Å². The number of likely N-dealkylation sites (N-methyl/N-ethyl adjacent to an activating group) is 1. The molecule has 0 aliphatic heterocycles. The van der Waals surface area contributed by atoms with Gasteiger partial charge in [0.1, 0.15) is 17.5 Å². The van der Waals surface area contributed by atoms with Crippen LogP contribution in [-0.4, -0.2) is 43.5 Å². The molecule has 2 aromatic carbocycles. The lowest BCUT2D eigenvalue weighted by Crippen LogP contribution is -2.48. The minimum absolute atomic E-state index is 0.137. The summed E-state index contributed by atoms with van der Waals surface area (Å²) in [5.41, 5.74) is 2.99. The summed E-state index contributed by atoms with van der Waals surface area (Å²) in [7, 11) is 3.16. The van der Waals surface area contributed by atoms with Crippen molar-refractivity contribution in [3.8, 4) is 11.5 Å². The second kappa shape index (κ2) is 9.78. The van der Waals surface area contributed by atoms with Crippen LogP contribution in [0.5, 0.6) is 11.5 Å². The van der Waals surface area contributed by atoms with Gasteiger partial charge in [-0.1, -0.05) is 24.3 Å². The Labute approximate surface area is 166 Å². The van der Waals surface area contributed by atoms with Crippen molar-refractivity contribution in [1.29, 1.82) is 0 Å². The molecule has 0 unspecified atom stereocenters. The third-order valence-electron chi connectivity index (χ3n) is 4.83. The van der Waals surface area contributed by atoms with Gasteiger partial charge in [-0.05, 0) is 55.7 Å². The Bertz CT molecular complexity index is 818. The summed E-state index contributed by atoms with van der Waals surface area (Å²) < 4.78 is 10.9. The standard InChI is InChI=1S/C22H28N2O4/c1-15-7-6-8-20(16(15)2)28-14-21(25)24(17(3)22(26)23-4)13-18-9-11-19(27-5)12-10-18/h6-12,17H,13-14H2,1-5H3,(H,23,26)/t17-/m0/s1. The zero-order chi connectivity index (χ0) is 20.7. The second-order valence-corrected chi connectivity index (χ2v) is 6.65. The van der Waals surface area contributed by atoms with Crippen LogP contribution in [0.15, 0.2) is 42.5 Å². The van der Waals surface area contributed by atoms with E-state index in [1.807, 2.05) is 56.3 Å². The molecule has 6 heteroatoms. The second-order valence-electron chi connectivity index (χ2n) is 6.65. The number of carbonyl (C=O) groups excluding carboxylic acids is 2. The first kappa shape index (κ1) is 21.3. The number of ether oxygens (including phenoxy) is 2. The molecule has 0 spiro atoms. The SMILES string of the molecule is CNC(=O)[C@H](C)N(Cc1ccc(OC)cc1)C(=O)COc1cccc(C)c1C. The highest BCUT2D eigenvalue weighted by molar-refractivity contribution is 5.87. The van der Waals surface area contributed by atoms with Crippen molar-refractivity contribution in [3.63, 3.8) is 0 Å². The van der Waals surface area contributed by atoms with Crippen LogP contribution < -0.4 is 14.8 Å². The number of hydrogen-bond acceptors (Lipinski definition) is 4. The molecule has 0 aromatic heterocycles. The predicted molar refractivity (Wildman–Crippen MR) is 108 cm³/mol. The van der Waals surface area contributed by atoms with E-state index in [9.17, 15) is 9.59 Å². The number of nitrogens with zero attached hydrogens (tertiary/aromatic N) is 1. The van der Waals surface area contributed by atoms with E-state index >= 15 is 0 Å². The summed E-state index contributed by atoms with van der Waals surface area (Å²) >= 11 is 0. The number of benzene rings is 2. The predicted octanol–water partition coefficient (Wildman–Crippen LogP) is 2.85. The molecule has 2 amide bonds. The molecule has 0 aliphatic carbocycles. The Morgan fingerprint density at radius 2 is 1.79 bits per heavy atom. The molecule has 150 valence electrons. The average molecular weight is 384 g/mol. The van der Waals surface area contributed by atoms with Crippen molar-refractivity contribution < 1.29 is 19.1 Å². The first-order chi connectivity index (χ1) is 13.4. The largest absolute Gasteiger partial charge is 0.497 e. The van der Waals surface area contributed by atoms with Crippen LogP contribution in [0.2, 0.25) is 0 Å². The quantitative estimate of drug-likeness (QED) is 0.760. The van der Waals surface area contributed by atoms with E-state index in [4.69, 9.17) is 9.47 Å². The van der Waals surface area contributed by atoms with Gasteiger partial charge in [0.25, 0.3) is 5.91 Å². The van der Waals surface area contributed by atoms with Crippen LogP contribution in [0, 0.1) is 13.8 Å². The van der Waals surface area contributed by atoms with E-state index in [1.165, 1.54) is 4.90 Å². The van der Waals surface area contributed by atoms with Crippen LogP contribution in [0.4, 0.5) is 0 Å². The van der Waals surface area contributed by atoms with Crippen LogP contribution in [0.1, 0.15) is 23.6 Å². The fourth-order valence-corrected chi connectivity index (χ4v) is 2.82. The van der Waals surface area contributed by atoms with Gasteiger partial charge < -0.3 is 19.7 Å². The summed E-state index contributed by atoms with van der Waals surface area (Å²) in [6, 6.07) is 12.5. The van der Waals surface area contributed by atoms with E-state index in [2.05, 4.69) is 5.32 Å². The molecule has 2 rings (SSSR count). The van der Waals surface area contributed by atoms with Crippen LogP contribution >= 0.6 is 0 Å². The molecule has 1 atom stereocenters. The Morgan fingerprint density at radius 3 is 2.39 bits per heavy atom. The zero-order valence-corrected chi connectivity index (χ0v) is 17.1. The number of methoxy groups -OCH3 is 1. The molecule has 0 bridgehead atoms. The van der Waals surface area contributed by atoms with Gasteiger partial charge in [0, 0.05) is 13.6 Å². The van der Waals surface area contributed by atoms with Crippen molar-refractivity contribution in [2.75, 3.05) is 20.8 Å². The van der Waals surface area contributed by atoms with E-state index in [0.29, 0.717) is 12.3 Å². The molecule has 0 saturated carbocycles. The molecule has 2 aromatic rings. The van der Waals surface area contributed by atoms with Gasteiger partial charge in [-0.15, -0.1) is 0 Å². The number of amides is 2. The maximum absolute atomic E-state index is 12.9. The summed E-state index contributed by atoms with van der Waals surface area (Å²) in [5.74, 6) is 0.922. The van der Waals surface area contributed by atoms with Crippen LogP contribution in [-0.2, 0) is 16.1 Å². The van der Waals surface area contributed by atoms with Gasteiger partial charge in [-0.2, -0.15) is 0 Å². The lowest BCUT2D eigenvalue weighted by molar-refractivity contribution is -0.142. The van der Waals surface area contributed by atoms with Gasteiger partial charge in [0.05, 0.1) is 7.11 Å². The smallest absolute Gasteiger partial charge is 0.261 e. The lowest BCUT2D eigenvalue weighted by Gasteiger charge is -2.28. The average Bonchev–Trinajstić information content (AvgIpc) is 2.72. The molecular formula is C22H28N2O4. The van der Waals surface area contributed by atoms with E-state index in [-0.39, 0.29) is 18.4 Å². The van der Waals surface area contributed by atoms with Gasteiger partial charge in [-0.3, -0.25) is 9.59 Å². The molecular weight excluding hydrogens is 356 g/mol. The molecule has 0 saturated heterocycles. The Hall–Kier alpha value is -3.02. The molecule has 0 aliphatic rings. The third-order valence-corrected chi connectivity index (χ3v) is 4.83. The van der Waals surface area contributed by atoms with E-state index in [0.717, 1.165) is 22.4 Å². The van der Waals surface area contributed by atoms with Gasteiger partial charge in [-0.25, -0.2) is 0 Å². The zero-order valence-electron chi connectivity index (χ0n) is 17.1. The van der Waals surface area contributed by atoms with Crippen LogP contribution in [0.25, 0.3) is 0 Å². The normalized spacial score (nSPS) is 11.5. The third kappa shape index (κ3) is 5.25. The highest BCUT2D eigenvalue weighted by Crippen LogP contribution is 2.21. The fourth-order valence-electron chi connectivity index (χ4n) is 2.82. The first-order valence-electron chi connectivity index (χ1n) is 9.20. The highest BCUT2D eigenvalue weighted by Gasteiger charge is 2.26. The highest BCUT2D eigenvalue weighted by atomic mass is 16.5. The number of aryl methyl sites for hydroxylation is 1. The minimum atomic E-state index is -0.623. The summed E-state index contributed by atoms with van der Waals surface area (Å²) in [6.45, 7) is 5.82. The van der Waals surface area contributed by atoms with Gasteiger partial charge in [0.2, 0.25) is 5.91 Å². The molecule has 6 nitrogen and oxygen atoms in total. The topological polar surface area (TPSA) is 67.9 Å². The monoisotopic (exact) mass is 384 g/mol. The maximum Gasteiger partial charge on any atom is 0.261 e. The number of rotatable bonds is 8. The number of nitrogens with one attached hydrogen (secondary N) is 1. The van der Waals surface area contributed by atoms with Crippen molar-refractivity contribution in [3.05, 3.63) is 59.2 Å². The van der Waals surface area contributed by atoms with Crippen molar-refractivity contribution in [2.24, 2.45) is 0 Å². The van der Waals surface area contributed by atoms with E-state index in [1.54, 1.807) is 21.1 Å². The minimum Gasteiger partial charge on any atom is -0.497 e. The Kier molecular flexibility index (Phi) is 7.44.